The standard InChI is InChI=1S/C8H8IN3O2S/c1-15(13,14)11-6-2-3-8-10-4-7(9)12(8)5-6/h2-5,11H,1H3. The van der Waals surface area contributed by atoms with Gasteiger partial charge in [0.1, 0.15) is 9.35 Å². The summed E-state index contributed by atoms with van der Waals surface area (Å²) in [7, 11) is -3.23. The first kappa shape index (κ1) is 10.7. The van der Waals surface area contributed by atoms with Gasteiger partial charge < -0.3 is 0 Å². The van der Waals surface area contributed by atoms with E-state index in [0.717, 1.165) is 15.6 Å². The Morgan fingerprint density at radius 2 is 2.20 bits per heavy atom. The Bertz CT molecular complexity index is 605. The highest BCUT2D eigenvalue weighted by atomic mass is 127. The molecule has 0 bridgehead atoms. The second kappa shape index (κ2) is 3.63. The molecule has 5 nitrogen and oxygen atoms in total. The molecule has 2 aromatic rings. The van der Waals surface area contributed by atoms with E-state index in [1.807, 2.05) is 4.40 Å². The Balaban J connectivity index is 2.51. The molecule has 0 saturated heterocycles. The van der Waals surface area contributed by atoms with Crippen LogP contribution in [-0.4, -0.2) is 24.1 Å². The fraction of sp³-hybridized carbons (Fsp3) is 0.125. The smallest absolute Gasteiger partial charge is 0.229 e. The predicted octanol–water partition coefficient (Wildman–Crippen LogP) is 1.31. The van der Waals surface area contributed by atoms with Crippen molar-refractivity contribution < 1.29 is 8.42 Å². The van der Waals surface area contributed by atoms with Crippen molar-refractivity contribution in [2.24, 2.45) is 0 Å². The number of pyridine rings is 1. The van der Waals surface area contributed by atoms with E-state index in [1.165, 1.54) is 0 Å². The zero-order valence-corrected chi connectivity index (χ0v) is 10.8. The van der Waals surface area contributed by atoms with Gasteiger partial charge in [-0.25, -0.2) is 13.4 Å². The summed E-state index contributed by atoms with van der Waals surface area (Å²) in [5, 5.41) is 0. The second-order valence-corrected chi connectivity index (χ2v) is 5.95. The van der Waals surface area contributed by atoms with Gasteiger partial charge in [0.25, 0.3) is 0 Å². The topological polar surface area (TPSA) is 63.5 Å². The zero-order chi connectivity index (χ0) is 11.1. The van der Waals surface area contributed by atoms with Crippen LogP contribution in [0.15, 0.2) is 24.5 Å². The quantitative estimate of drug-likeness (QED) is 0.841. The highest BCUT2D eigenvalue weighted by Gasteiger charge is 2.04. The summed E-state index contributed by atoms with van der Waals surface area (Å²) in [6.45, 7) is 0. The molecule has 2 rings (SSSR count). The maximum Gasteiger partial charge on any atom is 0.229 e. The third-order valence-corrected chi connectivity index (χ3v) is 3.17. The summed E-state index contributed by atoms with van der Waals surface area (Å²) in [6.07, 6.45) is 4.54. The number of sulfonamides is 1. The fourth-order valence-corrected chi connectivity index (χ4v) is 2.30. The van der Waals surface area contributed by atoms with Gasteiger partial charge in [-0.15, -0.1) is 0 Å². The van der Waals surface area contributed by atoms with Crippen molar-refractivity contribution >= 4 is 43.9 Å². The number of aromatic nitrogens is 2. The number of fused-ring (bicyclic) bond motifs is 1. The number of anilines is 1. The van der Waals surface area contributed by atoms with E-state index < -0.39 is 10.0 Å². The first-order valence-electron chi connectivity index (χ1n) is 4.06. The lowest BCUT2D eigenvalue weighted by Gasteiger charge is -2.04. The minimum absolute atomic E-state index is 0.529. The Labute approximate surface area is 101 Å². The van der Waals surface area contributed by atoms with Gasteiger partial charge in [-0.05, 0) is 34.7 Å². The molecule has 0 aliphatic carbocycles. The van der Waals surface area contributed by atoms with E-state index in [2.05, 4.69) is 32.3 Å². The minimum Gasteiger partial charge on any atom is -0.293 e. The third kappa shape index (κ3) is 2.40. The van der Waals surface area contributed by atoms with Crippen molar-refractivity contribution in [1.29, 1.82) is 0 Å². The van der Waals surface area contributed by atoms with E-state index >= 15 is 0 Å². The van der Waals surface area contributed by atoms with Crippen molar-refractivity contribution in [1.82, 2.24) is 9.38 Å². The Morgan fingerprint density at radius 1 is 1.47 bits per heavy atom. The molecule has 2 heterocycles. The molecule has 0 amide bonds. The van der Waals surface area contributed by atoms with Crippen LogP contribution >= 0.6 is 22.6 Å². The summed E-state index contributed by atoms with van der Waals surface area (Å²) in [5.41, 5.74) is 1.32. The van der Waals surface area contributed by atoms with Gasteiger partial charge in [-0.1, -0.05) is 0 Å². The van der Waals surface area contributed by atoms with Crippen LogP contribution in [0.5, 0.6) is 0 Å². The summed E-state index contributed by atoms with van der Waals surface area (Å²) >= 11 is 2.13. The minimum atomic E-state index is -3.23. The number of imidazole rings is 1. The van der Waals surface area contributed by atoms with Crippen LogP contribution in [0.3, 0.4) is 0 Å². The number of nitrogens with one attached hydrogen (secondary N) is 1. The number of hydrogen-bond acceptors (Lipinski definition) is 3. The SMILES string of the molecule is CS(=O)(=O)Nc1ccc2ncc(I)n2c1. The van der Waals surface area contributed by atoms with Crippen LogP contribution in [-0.2, 0) is 10.0 Å². The predicted molar refractivity (Wildman–Crippen MR) is 66.4 cm³/mol. The van der Waals surface area contributed by atoms with Crippen molar-refractivity contribution in [2.45, 2.75) is 0 Å². The second-order valence-electron chi connectivity index (χ2n) is 3.10. The number of nitrogens with zero attached hydrogens (tertiary/aromatic N) is 2. The fourth-order valence-electron chi connectivity index (χ4n) is 1.23. The van der Waals surface area contributed by atoms with Gasteiger partial charge in [0, 0.05) is 6.20 Å². The molecule has 0 atom stereocenters. The monoisotopic (exact) mass is 337 g/mol. The van der Waals surface area contributed by atoms with Gasteiger partial charge in [0.2, 0.25) is 10.0 Å². The van der Waals surface area contributed by atoms with E-state index in [-0.39, 0.29) is 0 Å². The first-order valence-corrected chi connectivity index (χ1v) is 7.03. The van der Waals surface area contributed by atoms with Crippen LogP contribution in [0, 0.1) is 3.70 Å². The van der Waals surface area contributed by atoms with Crippen molar-refractivity contribution in [3.05, 3.63) is 28.2 Å². The zero-order valence-electron chi connectivity index (χ0n) is 7.81. The molecule has 1 N–H and O–H groups in total. The van der Waals surface area contributed by atoms with Crippen LogP contribution in [0.25, 0.3) is 5.65 Å². The molecule has 0 saturated carbocycles. The lowest BCUT2D eigenvalue weighted by atomic mass is 10.4. The Kier molecular flexibility index (Phi) is 2.59. The molecule has 0 radical (unpaired) electrons. The maximum absolute atomic E-state index is 11.0. The molecule has 0 unspecified atom stereocenters. The molecule has 15 heavy (non-hydrogen) atoms. The highest BCUT2D eigenvalue weighted by molar-refractivity contribution is 14.1. The van der Waals surface area contributed by atoms with Crippen LogP contribution in [0.4, 0.5) is 5.69 Å². The van der Waals surface area contributed by atoms with E-state index in [9.17, 15) is 8.42 Å². The van der Waals surface area contributed by atoms with Gasteiger partial charge in [-0.2, -0.15) is 0 Å². The van der Waals surface area contributed by atoms with E-state index in [1.54, 1.807) is 24.5 Å². The molecule has 0 aliphatic rings. The summed E-state index contributed by atoms with van der Waals surface area (Å²) in [6, 6.07) is 3.44. The summed E-state index contributed by atoms with van der Waals surface area (Å²) < 4.78 is 27.2. The highest BCUT2D eigenvalue weighted by Crippen LogP contribution is 2.14. The molecule has 7 heteroatoms. The number of rotatable bonds is 2. The first-order chi connectivity index (χ1) is 6.96. The Hall–Kier alpha value is -0.830. The molecule has 0 spiro atoms. The van der Waals surface area contributed by atoms with Crippen LogP contribution < -0.4 is 4.72 Å². The normalized spacial score (nSPS) is 11.9. The molecular formula is C8H8IN3O2S. The molecule has 80 valence electrons. The number of halogens is 1. The molecular weight excluding hydrogens is 329 g/mol. The molecule has 0 aliphatic heterocycles. The lowest BCUT2D eigenvalue weighted by Crippen LogP contribution is -2.10. The van der Waals surface area contributed by atoms with Gasteiger partial charge >= 0.3 is 0 Å². The van der Waals surface area contributed by atoms with Gasteiger partial charge in [-0.3, -0.25) is 9.12 Å². The van der Waals surface area contributed by atoms with Crippen LogP contribution in [0.2, 0.25) is 0 Å². The van der Waals surface area contributed by atoms with Crippen molar-refractivity contribution in [2.75, 3.05) is 11.0 Å². The van der Waals surface area contributed by atoms with E-state index in [4.69, 9.17) is 0 Å². The number of hydrogen-bond donors (Lipinski definition) is 1. The van der Waals surface area contributed by atoms with Crippen LogP contribution in [0.1, 0.15) is 0 Å². The largest absolute Gasteiger partial charge is 0.293 e. The summed E-state index contributed by atoms with van der Waals surface area (Å²) in [4.78, 5) is 4.13. The molecule has 0 fully saturated rings. The summed E-state index contributed by atoms with van der Waals surface area (Å²) in [5.74, 6) is 0. The van der Waals surface area contributed by atoms with Crippen molar-refractivity contribution in [3.63, 3.8) is 0 Å². The maximum atomic E-state index is 11.0. The molecule has 0 aromatic carbocycles. The van der Waals surface area contributed by atoms with Gasteiger partial charge in [0.15, 0.2) is 0 Å². The molecule has 2 aromatic heterocycles. The van der Waals surface area contributed by atoms with Crippen molar-refractivity contribution in [3.8, 4) is 0 Å². The third-order valence-electron chi connectivity index (χ3n) is 1.76. The average molecular weight is 337 g/mol. The Morgan fingerprint density at radius 3 is 2.87 bits per heavy atom. The average Bonchev–Trinajstić information content (AvgIpc) is 2.45. The van der Waals surface area contributed by atoms with E-state index in [0.29, 0.717) is 5.69 Å². The lowest BCUT2D eigenvalue weighted by molar-refractivity contribution is 0.607. The van der Waals surface area contributed by atoms with Gasteiger partial charge in [0.05, 0.1) is 18.1 Å².